The van der Waals surface area contributed by atoms with Crippen LogP contribution in [0.15, 0.2) is 6.33 Å². The molecule has 1 aromatic rings. The molecule has 1 aliphatic rings. The molecular formula is C10H16N4O2. The number of aromatic nitrogens is 3. The topological polar surface area (TPSA) is 71.2 Å². The lowest BCUT2D eigenvalue weighted by Gasteiger charge is -2.22. The van der Waals surface area contributed by atoms with Crippen LogP contribution in [-0.2, 0) is 18.4 Å². The van der Waals surface area contributed by atoms with Gasteiger partial charge in [-0.1, -0.05) is 6.92 Å². The molecule has 0 saturated carbocycles. The Morgan fingerprint density at radius 3 is 3.00 bits per heavy atom. The first-order valence-corrected chi connectivity index (χ1v) is 5.39. The Morgan fingerprint density at radius 1 is 1.69 bits per heavy atom. The first kappa shape index (κ1) is 11.1. The van der Waals surface area contributed by atoms with Crippen LogP contribution >= 0.6 is 0 Å². The number of carboxylic acid groups (broad SMARTS) is 1. The highest BCUT2D eigenvalue weighted by Crippen LogP contribution is 2.25. The second-order valence-corrected chi connectivity index (χ2v) is 4.38. The number of hydrogen-bond donors (Lipinski definition) is 1. The molecule has 2 heterocycles. The summed E-state index contributed by atoms with van der Waals surface area (Å²) < 4.78 is 1.82. The summed E-state index contributed by atoms with van der Waals surface area (Å²) in [6, 6.07) is -0.392. The third-order valence-corrected chi connectivity index (χ3v) is 3.21. The van der Waals surface area contributed by atoms with Crippen LogP contribution in [0.2, 0.25) is 0 Å². The standard InChI is InChI=1S/C10H16N4O2/c1-7-3-4-14(9(7)10(15)16)5-8-12-11-6-13(8)2/h6-7,9H,3-5H2,1-2H3,(H,15,16). The molecule has 1 N–H and O–H groups in total. The molecule has 1 fully saturated rings. The maximum Gasteiger partial charge on any atom is 0.321 e. The van der Waals surface area contributed by atoms with Gasteiger partial charge in [0, 0.05) is 7.05 Å². The molecule has 16 heavy (non-hydrogen) atoms. The van der Waals surface area contributed by atoms with Crippen molar-refractivity contribution in [3.05, 3.63) is 12.2 Å². The SMILES string of the molecule is CC1CCN(Cc2nncn2C)C1C(=O)O. The lowest BCUT2D eigenvalue weighted by molar-refractivity contribution is -0.143. The van der Waals surface area contributed by atoms with Gasteiger partial charge in [0.05, 0.1) is 6.54 Å². The van der Waals surface area contributed by atoms with Gasteiger partial charge < -0.3 is 9.67 Å². The number of carbonyl (C=O) groups is 1. The van der Waals surface area contributed by atoms with Crippen LogP contribution in [0, 0.1) is 5.92 Å². The van der Waals surface area contributed by atoms with E-state index < -0.39 is 12.0 Å². The van der Waals surface area contributed by atoms with E-state index in [2.05, 4.69) is 10.2 Å². The Balaban J connectivity index is 2.10. The monoisotopic (exact) mass is 224 g/mol. The highest BCUT2D eigenvalue weighted by atomic mass is 16.4. The molecule has 6 nitrogen and oxygen atoms in total. The Hall–Kier alpha value is -1.43. The minimum absolute atomic E-state index is 0.200. The van der Waals surface area contributed by atoms with E-state index in [0.29, 0.717) is 6.54 Å². The lowest BCUT2D eigenvalue weighted by Crippen LogP contribution is -2.39. The number of aliphatic carboxylic acids is 1. The zero-order chi connectivity index (χ0) is 11.7. The molecule has 0 spiro atoms. The van der Waals surface area contributed by atoms with E-state index in [1.807, 2.05) is 23.4 Å². The van der Waals surface area contributed by atoms with Crippen LogP contribution < -0.4 is 0 Å². The molecule has 6 heteroatoms. The summed E-state index contributed by atoms with van der Waals surface area (Å²) in [6.45, 7) is 3.35. The predicted molar refractivity (Wildman–Crippen MR) is 56.6 cm³/mol. The van der Waals surface area contributed by atoms with Gasteiger partial charge in [-0.15, -0.1) is 10.2 Å². The fraction of sp³-hybridized carbons (Fsp3) is 0.700. The molecule has 2 rings (SSSR count). The zero-order valence-electron chi connectivity index (χ0n) is 9.50. The smallest absolute Gasteiger partial charge is 0.321 e. The average molecular weight is 224 g/mol. The van der Waals surface area contributed by atoms with Crippen molar-refractivity contribution >= 4 is 5.97 Å². The molecule has 0 amide bonds. The van der Waals surface area contributed by atoms with E-state index in [9.17, 15) is 4.79 Å². The number of aryl methyl sites for hydroxylation is 1. The summed E-state index contributed by atoms with van der Waals surface area (Å²) in [4.78, 5) is 13.1. The van der Waals surface area contributed by atoms with Gasteiger partial charge in [0.15, 0.2) is 0 Å². The average Bonchev–Trinajstić information content (AvgIpc) is 2.75. The maximum atomic E-state index is 11.2. The van der Waals surface area contributed by atoms with Crippen molar-refractivity contribution < 1.29 is 9.90 Å². The molecular weight excluding hydrogens is 208 g/mol. The Labute approximate surface area is 93.9 Å². The van der Waals surface area contributed by atoms with Gasteiger partial charge >= 0.3 is 5.97 Å². The summed E-state index contributed by atoms with van der Waals surface area (Å²) in [5, 5.41) is 16.9. The van der Waals surface area contributed by atoms with Gasteiger partial charge in [-0.3, -0.25) is 9.69 Å². The lowest BCUT2D eigenvalue weighted by atomic mass is 10.0. The van der Waals surface area contributed by atoms with E-state index in [1.54, 1.807) is 6.33 Å². The van der Waals surface area contributed by atoms with Gasteiger partial charge in [0.25, 0.3) is 0 Å². The number of carboxylic acids is 1. The van der Waals surface area contributed by atoms with E-state index in [-0.39, 0.29) is 5.92 Å². The molecule has 0 bridgehead atoms. The van der Waals surface area contributed by atoms with Crippen LogP contribution in [0.5, 0.6) is 0 Å². The van der Waals surface area contributed by atoms with Crippen LogP contribution in [-0.4, -0.2) is 43.3 Å². The van der Waals surface area contributed by atoms with Crippen molar-refractivity contribution in [3.63, 3.8) is 0 Å². The fourth-order valence-corrected chi connectivity index (χ4v) is 2.24. The Kier molecular flexibility index (Phi) is 2.91. The largest absolute Gasteiger partial charge is 0.480 e. The minimum Gasteiger partial charge on any atom is -0.480 e. The van der Waals surface area contributed by atoms with E-state index in [1.165, 1.54) is 0 Å². The summed E-state index contributed by atoms with van der Waals surface area (Å²) in [6.07, 6.45) is 2.55. The molecule has 88 valence electrons. The first-order valence-electron chi connectivity index (χ1n) is 5.39. The van der Waals surface area contributed by atoms with E-state index >= 15 is 0 Å². The van der Waals surface area contributed by atoms with Crippen molar-refractivity contribution in [2.75, 3.05) is 6.54 Å². The maximum absolute atomic E-state index is 11.2. The quantitative estimate of drug-likeness (QED) is 0.789. The normalized spacial score (nSPS) is 26.1. The van der Waals surface area contributed by atoms with Gasteiger partial charge in [-0.2, -0.15) is 0 Å². The van der Waals surface area contributed by atoms with E-state index in [0.717, 1.165) is 18.8 Å². The molecule has 1 aliphatic heterocycles. The van der Waals surface area contributed by atoms with Crippen molar-refractivity contribution in [3.8, 4) is 0 Å². The molecule has 0 aliphatic carbocycles. The zero-order valence-corrected chi connectivity index (χ0v) is 9.50. The van der Waals surface area contributed by atoms with Crippen LogP contribution in [0.4, 0.5) is 0 Å². The van der Waals surface area contributed by atoms with E-state index in [4.69, 9.17) is 5.11 Å². The Bertz CT molecular complexity index is 390. The molecule has 2 unspecified atom stereocenters. The third kappa shape index (κ3) is 1.92. The van der Waals surface area contributed by atoms with Gasteiger partial charge in [-0.25, -0.2) is 0 Å². The van der Waals surface area contributed by atoms with Crippen LogP contribution in [0.3, 0.4) is 0 Å². The molecule has 2 atom stereocenters. The number of rotatable bonds is 3. The second kappa shape index (κ2) is 4.21. The first-order chi connectivity index (χ1) is 7.59. The van der Waals surface area contributed by atoms with Crippen LogP contribution in [0.25, 0.3) is 0 Å². The summed E-state index contributed by atoms with van der Waals surface area (Å²) in [5.74, 6) is 0.262. The predicted octanol–water partition coefficient (Wildman–Crippen LogP) is 0.110. The van der Waals surface area contributed by atoms with Gasteiger partial charge in [0.2, 0.25) is 0 Å². The summed E-state index contributed by atoms with van der Waals surface area (Å²) in [7, 11) is 1.87. The molecule has 1 saturated heterocycles. The van der Waals surface area contributed by atoms with Crippen molar-refractivity contribution in [2.24, 2.45) is 13.0 Å². The van der Waals surface area contributed by atoms with Crippen LogP contribution in [0.1, 0.15) is 19.2 Å². The summed E-state index contributed by atoms with van der Waals surface area (Å²) in [5.41, 5.74) is 0. The number of nitrogens with zero attached hydrogens (tertiary/aromatic N) is 4. The van der Waals surface area contributed by atoms with Crippen molar-refractivity contribution in [1.29, 1.82) is 0 Å². The van der Waals surface area contributed by atoms with Gasteiger partial charge in [-0.05, 0) is 18.9 Å². The highest BCUT2D eigenvalue weighted by Gasteiger charge is 2.36. The molecule has 1 aromatic heterocycles. The fourth-order valence-electron chi connectivity index (χ4n) is 2.24. The molecule has 0 aromatic carbocycles. The highest BCUT2D eigenvalue weighted by molar-refractivity contribution is 5.74. The Morgan fingerprint density at radius 2 is 2.44 bits per heavy atom. The minimum atomic E-state index is -0.743. The van der Waals surface area contributed by atoms with Crippen molar-refractivity contribution in [2.45, 2.75) is 25.9 Å². The van der Waals surface area contributed by atoms with Crippen molar-refractivity contribution in [1.82, 2.24) is 19.7 Å². The third-order valence-electron chi connectivity index (χ3n) is 3.21. The number of likely N-dealkylation sites (tertiary alicyclic amines) is 1. The van der Waals surface area contributed by atoms with Gasteiger partial charge in [0.1, 0.15) is 18.2 Å². The second-order valence-electron chi connectivity index (χ2n) is 4.38. The number of hydrogen-bond acceptors (Lipinski definition) is 4. The summed E-state index contributed by atoms with van der Waals surface area (Å²) >= 11 is 0. The molecule has 0 radical (unpaired) electrons.